The van der Waals surface area contributed by atoms with Gasteiger partial charge in [0.05, 0.1) is 0 Å². The Labute approximate surface area is 119 Å². The maximum absolute atomic E-state index is 8.49. The maximum Gasteiger partial charge on any atom is 0.256 e. The monoisotopic (exact) mass is 283 g/mol. The Kier molecular flexibility index (Phi) is 4.38. The van der Waals surface area contributed by atoms with Gasteiger partial charge in [-0.15, -0.1) is 10.2 Å². The van der Waals surface area contributed by atoms with E-state index in [1.165, 1.54) is 11.3 Å². The summed E-state index contributed by atoms with van der Waals surface area (Å²) in [5.41, 5.74) is 1.81. The van der Waals surface area contributed by atoms with Crippen molar-refractivity contribution in [3.05, 3.63) is 34.8 Å². The molecular formula is C13H9N5OS. The van der Waals surface area contributed by atoms with Gasteiger partial charge in [0.25, 0.3) is 5.71 Å². The standard InChI is InChI=1S/C13H9N5OS/c1-9-3-2-4-10(5-9)13-17-16-12(20-13)8-19-18-11(6-14)7-15/h2-5H,8H2,1H3. The summed E-state index contributed by atoms with van der Waals surface area (Å²) in [6.07, 6.45) is 0. The molecule has 0 radical (unpaired) electrons. The summed E-state index contributed by atoms with van der Waals surface area (Å²) in [6, 6.07) is 11.2. The summed E-state index contributed by atoms with van der Waals surface area (Å²) < 4.78 is 0. The Hall–Kier alpha value is -2.77. The summed E-state index contributed by atoms with van der Waals surface area (Å²) in [5.74, 6) is 0. The number of aromatic nitrogens is 2. The molecule has 0 saturated carbocycles. The highest BCUT2D eigenvalue weighted by Crippen LogP contribution is 2.24. The highest BCUT2D eigenvalue weighted by atomic mass is 32.1. The highest BCUT2D eigenvalue weighted by molar-refractivity contribution is 7.14. The molecule has 0 unspecified atom stereocenters. The molecule has 2 rings (SSSR count). The molecule has 1 heterocycles. The van der Waals surface area contributed by atoms with Crippen molar-refractivity contribution in [2.45, 2.75) is 13.5 Å². The van der Waals surface area contributed by atoms with Crippen LogP contribution in [-0.4, -0.2) is 15.9 Å². The van der Waals surface area contributed by atoms with Crippen LogP contribution < -0.4 is 0 Å². The maximum atomic E-state index is 8.49. The largest absolute Gasteiger partial charge is 0.387 e. The Morgan fingerprint density at radius 1 is 1.35 bits per heavy atom. The van der Waals surface area contributed by atoms with Crippen molar-refractivity contribution in [2.24, 2.45) is 5.16 Å². The van der Waals surface area contributed by atoms with Crippen LogP contribution in [0.5, 0.6) is 0 Å². The van der Waals surface area contributed by atoms with Gasteiger partial charge in [0, 0.05) is 5.56 Å². The molecule has 0 spiro atoms. The molecule has 0 aliphatic heterocycles. The second-order valence-electron chi connectivity index (χ2n) is 3.81. The number of nitriles is 2. The van der Waals surface area contributed by atoms with Crippen LogP contribution in [0.2, 0.25) is 0 Å². The zero-order valence-corrected chi connectivity index (χ0v) is 11.4. The van der Waals surface area contributed by atoms with Crippen LogP contribution >= 0.6 is 11.3 Å². The first-order chi connectivity index (χ1) is 9.72. The zero-order chi connectivity index (χ0) is 14.4. The summed E-state index contributed by atoms with van der Waals surface area (Å²) in [6.45, 7) is 2.09. The predicted octanol–water partition coefficient (Wildman–Crippen LogP) is 2.43. The molecule has 0 amide bonds. The van der Waals surface area contributed by atoms with E-state index in [0.717, 1.165) is 16.1 Å². The lowest BCUT2D eigenvalue weighted by Crippen LogP contribution is -1.92. The third-order valence-electron chi connectivity index (χ3n) is 2.29. The first kappa shape index (κ1) is 13.7. The molecule has 2 aromatic rings. The average Bonchev–Trinajstić information content (AvgIpc) is 2.92. The molecule has 1 aromatic heterocycles. The number of oxime groups is 1. The van der Waals surface area contributed by atoms with E-state index < -0.39 is 0 Å². The lowest BCUT2D eigenvalue weighted by atomic mass is 10.1. The van der Waals surface area contributed by atoms with Crippen molar-refractivity contribution in [2.75, 3.05) is 0 Å². The van der Waals surface area contributed by atoms with Crippen LogP contribution in [0.15, 0.2) is 29.4 Å². The molecule has 0 saturated heterocycles. The van der Waals surface area contributed by atoms with Crippen molar-refractivity contribution in [3.63, 3.8) is 0 Å². The molecule has 98 valence electrons. The number of benzene rings is 1. The van der Waals surface area contributed by atoms with E-state index in [2.05, 4.69) is 15.4 Å². The summed E-state index contributed by atoms with van der Waals surface area (Å²) >= 11 is 1.38. The van der Waals surface area contributed by atoms with Gasteiger partial charge in [-0.3, -0.25) is 0 Å². The topological polar surface area (TPSA) is 94.9 Å². The number of rotatable bonds is 4. The molecule has 0 atom stereocenters. The molecule has 7 heteroatoms. The lowest BCUT2D eigenvalue weighted by Gasteiger charge is -1.96. The van der Waals surface area contributed by atoms with Crippen molar-refractivity contribution in [1.82, 2.24) is 10.2 Å². The van der Waals surface area contributed by atoms with E-state index in [4.69, 9.17) is 15.4 Å². The SMILES string of the molecule is Cc1cccc(-c2nnc(CON=C(C#N)C#N)s2)c1. The van der Waals surface area contributed by atoms with Crippen LogP contribution in [-0.2, 0) is 11.4 Å². The average molecular weight is 283 g/mol. The van der Waals surface area contributed by atoms with Gasteiger partial charge >= 0.3 is 0 Å². The van der Waals surface area contributed by atoms with Gasteiger partial charge in [-0.1, -0.05) is 40.3 Å². The second-order valence-corrected chi connectivity index (χ2v) is 4.87. The van der Waals surface area contributed by atoms with Gasteiger partial charge in [-0.25, -0.2) is 0 Å². The summed E-state index contributed by atoms with van der Waals surface area (Å²) in [7, 11) is 0. The van der Waals surface area contributed by atoms with Crippen LogP contribution in [0.1, 0.15) is 10.6 Å². The Balaban J connectivity index is 2.05. The fraction of sp³-hybridized carbons (Fsp3) is 0.154. The van der Waals surface area contributed by atoms with E-state index in [-0.39, 0.29) is 12.3 Å². The minimum atomic E-state index is -0.326. The van der Waals surface area contributed by atoms with Crippen molar-refractivity contribution in [1.29, 1.82) is 10.5 Å². The minimum Gasteiger partial charge on any atom is -0.387 e. The molecule has 6 nitrogen and oxygen atoms in total. The van der Waals surface area contributed by atoms with Gasteiger partial charge in [0.1, 0.15) is 17.1 Å². The van der Waals surface area contributed by atoms with Crippen molar-refractivity contribution < 1.29 is 4.84 Å². The molecule has 0 aliphatic carbocycles. The molecule has 0 aliphatic rings. The number of hydrogen-bond acceptors (Lipinski definition) is 7. The van der Waals surface area contributed by atoms with E-state index >= 15 is 0 Å². The van der Waals surface area contributed by atoms with Crippen LogP contribution in [0.4, 0.5) is 0 Å². The quantitative estimate of drug-likeness (QED) is 0.634. The molecular weight excluding hydrogens is 274 g/mol. The zero-order valence-electron chi connectivity index (χ0n) is 10.6. The Bertz CT molecular complexity index is 707. The fourth-order valence-electron chi connectivity index (χ4n) is 1.42. The van der Waals surface area contributed by atoms with Gasteiger partial charge in [-0.05, 0) is 13.0 Å². The summed E-state index contributed by atoms with van der Waals surface area (Å²) in [5, 5.41) is 29.8. The lowest BCUT2D eigenvalue weighted by molar-refractivity contribution is 0.130. The fourth-order valence-corrected chi connectivity index (χ4v) is 2.17. The summed E-state index contributed by atoms with van der Waals surface area (Å²) in [4.78, 5) is 4.89. The van der Waals surface area contributed by atoms with E-state index in [9.17, 15) is 0 Å². The van der Waals surface area contributed by atoms with Gasteiger partial charge in [-0.2, -0.15) is 10.5 Å². The smallest absolute Gasteiger partial charge is 0.256 e. The normalized spacial score (nSPS) is 9.35. The number of nitrogens with zero attached hydrogens (tertiary/aromatic N) is 5. The third kappa shape index (κ3) is 3.37. The molecule has 0 fully saturated rings. The Morgan fingerprint density at radius 2 is 2.15 bits per heavy atom. The third-order valence-corrected chi connectivity index (χ3v) is 3.23. The highest BCUT2D eigenvalue weighted by Gasteiger charge is 2.07. The van der Waals surface area contributed by atoms with E-state index in [0.29, 0.717) is 5.01 Å². The first-order valence-corrected chi connectivity index (χ1v) is 6.44. The molecule has 20 heavy (non-hydrogen) atoms. The predicted molar refractivity (Wildman–Crippen MR) is 73.5 cm³/mol. The molecule has 0 bridgehead atoms. The molecule has 0 N–H and O–H groups in total. The number of hydrogen-bond donors (Lipinski definition) is 0. The van der Waals surface area contributed by atoms with Crippen LogP contribution in [0.3, 0.4) is 0 Å². The van der Waals surface area contributed by atoms with Gasteiger partial charge in [0.15, 0.2) is 11.6 Å². The number of aryl methyl sites for hydroxylation is 1. The van der Waals surface area contributed by atoms with E-state index in [1.807, 2.05) is 31.2 Å². The first-order valence-electron chi connectivity index (χ1n) is 5.62. The second kappa shape index (κ2) is 6.41. The van der Waals surface area contributed by atoms with Crippen LogP contribution in [0.25, 0.3) is 10.6 Å². The van der Waals surface area contributed by atoms with Gasteiger partial charge in [0.2, 0.25) is 0 Å². The molecule has 1 aromatic carbocycles. The van der Waals surface area contributed by atoms with Crippen LogP contribution in [0, 0.1) is 29.6 Å². The van der Waals surface area contributed by atoms with Gasteiger partial charge < -0.3 is 4.84 Å². The van der Waals surface area contributed by atoms with Crippen molar-refractivity contribution in [3.8, 4) is 22.7 Å². The van der Waals surface area contributed by atoms with E-state index in [1.54, 1.807) is 12.1 Å². The minimum absolute atomic E-state index is 0.0797. The van der Waals surface area contributed by atoms with Crippen molar-refractivity contribution >= 4 is 17.0 Å². The Morgan fingerprint density at radius 3 is 2.85 bits per heavy atom.